The summed E-state index contributed by atoms with van der Waals surface area (Å²) < 4.78 is 0. The van der Waals surface area contributed by atoms with Gasteiger partial charge in [0.15, 0.2) is 5.69 Å². The Morgan fingerprint density at radius 3 is 2.94 bits per heavy atom. The molecular formula is C12H13N3O2. The van der Waals surface area contributed by atoms with E-state index >= 15 is 0 Å². The molecule has 0 unspecified atom stereocenters. The lowest BCUT2D eigenvalue weighted by Crippen LogP contribution is -2.12. The number of nitrogens with zero attached hydrogens (tertiary/aromatic N) is 1. The van der Waals surface area contributed by atoms with Crippen molar-refractivity contribution >= 4 is 11.6 Å². The second-order valence-electron chi connectivity index (χ2n) is 3.75. The molecule has 5 nitrogen and oxygen atoms in total. The van der Waals surface area contributed by atoms with Gasteiger partial charge in [-0.15, -0.1) is 0 Å². The third-order valence-electron chi connectivity index (χ3n) is 2.31. The second kappa shape index (κ2) is 4.80. The van der Waals surface area contributed by atoms with Crippen molar-refractivity contribution in [1.82, 2.24) is 10.2 Å². The monoisotopic (exact) mass is 231 g/mol. The molecule has 0 radical (unpaired) electrons. The molecule has 1 aromatic carbocycles. The van der Waals surface area contributed by atoms with Crippen molar-refractivity contribution in [1.29, 1.82) is 0 Å². The lowest BCUT2D eigenvalue weighted by Gasteiger charge is -2.04. The fraction of sp³-hybridized carbons (Fsp3) is 0.167. The number of hydrogen-bond acceptors (Lipinski definition) is 3. The summed E-state index contributed by atoms with van der Waals surface area (Å²) in [7, 11) is 0. The minimum absolute atomic E-state index is 0.0504. The number of benzene rings is 1. The van der Waals surface area contributed by atoms with E-state index in [0.29, 0.717) is 11.4 Å². The van der Waals surface area contributed by atoms with Crippen LogP contribution in [-0.4, -0.2) is 21.2 Å². The summed E-state index contributed by atoms with van der Waals surface area (Å²) in [6, 6.07) is 8.71. The number of aromatic nitrogens is 2. The van der Waals surface area contributed by atoms with E-state index in [1.54, 1.807) is 30.3 Å². The van der Waals surface area contributed by atoms with Crippen molar-refractivity contribution in [2.75, 3.05) is 5.32 Å². The van der Waals surface area contributed by atoms with Crippen molar-refractivity contribution in [3.8, 4) is 0 Å². The molecule has 3 N–H and O–H groups in total. The van der Waals surface area contributed by atoms with Gasteiger partial charge in [-0.25, -0.2) is 0 Å². The summed E-state index contributed by atoms with van der Waals surface area (Å²) in [5, 5.41) is 18.3. The Balaban J connectivity index is 2.12. The van der Waals surface area contributed by atoms with Crippen LogP contribution >= 0.6 is 0 Å². The average Bonchev–Trinajstić information content (AvgIpc) is 2.76. The highest BCUT2D eigenvalue weighted by Crippen LogP contribution is 2.11. The summed E-state index contributed by atoms with van der Waals surface area (Å²) in [6.07, 6.45) is 0. The standard InChI is InChI=1S/C12H13N3O2/c1-8-5-11(15-14-8)12(17)13-10-4-2-3-9(6-10)7-16/h2-6,16H,7H2,1H3,(H,13,17)(H,14,15). The molecule has 1 amide bonds. The lowest BCUT2D eigenvalue weighted by atomic mass is 10.2. The number of carbonyl (C=O) groups excluding carboxylic acids is 1. The van der Waals surface area contributed by atoms with Crippen LogP contribution in [0.1, 0.15) is 21.7 Å². The van der Waals surface area contributed by atoms with Gasteiger partial charge in [0.05, 0.1) is 6.61 Å². The van der Waals surface area contributed by atoms with Crippen LogP contribution in [0.15, 0.2) is 30.3 Å². The number of H-pyrrole nitrogens is 1. The molecule has 17 heavy (non-hydrogen) atoms. The maximum Gasteiger partial charge on any atom is 0.276 e. The second-order valence-corrected chi connectivity index (χ2v) is 3.75. The zero-order chi connectivity index (χ0) is 12.3. The summed E-state index contributed by atoms with van der Waals surface area (Å²) in [4.78, 5) is 11.8. The molecule has 2 aromatic rings. The van der Waals surface area contributed by atoms with Gasteiger partial charge in [0.25, 0.3) is 5.91 Å². The number of carbonyl (C=O) groups is 1. The number of aromatic amines is 1. The molecule has 0 atom stereocenters. The van der Waals surface area contributed by atoms with Gasteiger partial charge in [0, 0.05) is 11.4 Å². The van der Waals surface area contributed by atoms with Gasteiger partial charge >= 0.3 is 0 Å². The number of anilines is 1. The van der Waals surface area contributed by atoms with Crippen LogP contribution in [0.5, 0.6) is 0 Å². The first-order chi connectivity index (χ1) is 8.19. The van der Waals surface area contributed by atoms with Crippen LogP contribution in [0.4, 0.5) is 5.69 Å². The summed E-state index contributed by atoms with van der Waals surface area (Å²) in [5.41, 5.74) is 2.57. The first kappa shape index (κ1) is 11.3. The van der Waals surface area contributed by atoms with E-state index < -0.39 is 0 Å². The van der Waals surface area contributed by atoms with Crippen molar-refractivity contribution in [2.45, 2.75) is 13.5 Å². The van der Waals surface area contributed by atoms with Crippen LogP contribution in [0.3, 0.4) is 0 Å². The maximum absolute atomic E-state index is 11.8. The molecular weight excluding hydrogens is 218 g/mol. The predicted molar refractivity (Wildman–Crippen MR) is 63.6 cm³/mol. The van der Waals surface area contributed by atoms with Crippen molar-refractivity contribution in [3.05, 3.63) is 47.3 Å². The minimum Gasteiger partial charge on any atom is -0.392 e. The molecule has 1 heterocycles. The van der Waals surface area contributed by atoms with Crippen LogP contribution in [-0.2, 0) is 6.61 Å². The number of aliphatic hydroxyl groups excluding tert-OH is 1. The topological polar surface area (TPSA) is 78.0 Å². The van der Waals surface area contributed by atoms with E-state index in [4.69, 9.17) is 5.11 Å². The third-order valence-corrected chi connectivity index (χ3v) is 2.31. The summed E-state index contributed by atoms with van der Waals surface area (Å²) in [6.45, 7) is 1.78. The first-order valence-corrected chi connectivity index (χ1v) is 5.22. The number of nitrogens with one attached hydrogen (secondary N) is 2. The van der Waals surface area contributed by atoms with Crippen molar-refractivity contribution in [2.24, 2.45) is 0 Å². The Kier molecular flexibility index (Phi) is 3.20. The van der Waals surface area contributed by atoms with E-state index in [0.717, 1.165) is 11.3 Å². The van der Waals surface area contributed by atoms with Crippen LogP contribution in [0.25, 0.3) is 0 Å². The van der Waals surface area contributed by atoms with Crippen molar-refractivity contribution < 1.29 is 9.90 Å². The highest BCUT2D eigenvalue weighted by molar-refractivity contribution is 6.02. The van der Waals surface area contributed by atoms with E-state index in [1.165, 1.54) is 0 Å². The Hall–Kier alpha value is -2.14. The molecule has 0 spiro atoms. The van der Waals surface area contributed by atoms with Gasteiger partial charge in [0.1, 0.15) is 0 Å². The molecule has 2 rings (SSSR count). The number of amides is 1. The molecule has 0 saturated heterocycles. The fourth-order valence-electron chi connectivity index (χ4n) is 1.48. The SMILES string of the molecule is Cc1cc(C(=O)Nc2cccc(CO)c2)n[nH]1. The van der Waals surface area contributed by atoms with E-state index in [2.05, 4.69) is 15.5 Å². The van der Waals surface area contributed by atoms with Crippen LogP contribution < -0.4 is 5.32 Å². The highest BCUT2D eigenvalue weighted by atomic mass is 16.3. The molecule has 0 bridgehead atoms. The maximum atomic E-state index is 11.8. The zero-order valence-electron chi connectivity index (χ0n) is 9.40. The van der Waals surface area contributed by atoms with Gasteiger partial charge in [-0.2, -0.15) is 5.10 Å². The van der Waals surface area contributed by atoms with Crippen LogP contribution in [0.2, 0.25) is 0 Å². The highest BCUT2D eigenvalue weighted by Gasteiger charge is 2.09. The molecule has 88 valence electrons. The Morgan fingerprint density at radius 2 is 2.29 bits per heavy atom. The Morgan fingerprint density at radius 1 is 1.47 bits per heavy atom. The molecule has 0 aliphatic heterocycles. The number of aliphatic hydroxyl groups is 1. The average molecular weight is 231 g/mol. The fourth-order valence-corrected chi connectivity index (χ4v) is 1.48. The third kappa shape index (κ3) is 2.70. The smallest absolute Gasteiger partial charge is 0.276 e. The molecule has 0 aliphatic carbocycles. The predicted octanol–water partition coefficient (Wildman–Crippen LogP) is 1.46. The molecule has 5 heteroatoms. The van der Waals surface area contributed by atoms with Gasteiger partial charge in [-0.3, -0.25) is 9.89 Å². The summed E-state index contributed by atoms with van der Waals surface area (Å²) >= 11 is 0. The molecule has 0 fully saturated rings. The van der Waals surface area contributed by atoms with Gasteiger partial charge < -0.3 is 10.4 Å². The van der Waals surface area contributed by atoms with Crippen LogP contribution in [0, 0.1) is 6.92 Å². The van der Waals surface area contributed by atoms with E-state index in [9.17, 15) is 4.79 Å². The molecule has 0 saturated carbocycles. The normalized spacial score (nSPS) is 10.2. The molecule has 0 aliphatic rings. The number of hydrogen-bond donors (Lipinski definition) is 3. The summed E-state index contributed by atoms with van der Waals surface area (Å²) in [5.74, 6) is -0.274. The quantitative estimate of drug-likeness (QED) is 0.748. The van der Waals surface area contributed by atoms with Gasteiger partial charge in [-0.05, 0) is 30.7 Å². The van der Waals surface area contributed by atoms with E-state index in [1.807, 2.05) is 6.92 Å². The zero-order valence-corrected chi connectivity index (χ0v) is 9.40. The molecule has 1 aromatic heterocycles. The van der Waals surface area contributed by atoms with E-state index in [-0.39, 0.29) is 12.5 Å². The first-order valence-electron chi connectivity index (χ1n) is 5.22. The largest absolute Gasteiger partial charge is 0.392 e. The Labute approximate surface area is 98.5 Å². The van der Waals surface area contributed by atoms with Gasteiger partial charge in [0.2, 0.25) is 0 Å². The number of rotatable bonds is 3. The number of aryl methyl sites for hydroxylation is 1. The van der Waals surface area contributed by atoms with Crippen molar-refractivity contribution in [3.63, 3.8) is 0 Å². The van der Waals surface area contributed by atoms with Gasteiger partial charge in [-0.1, -0.05) is 12.1 Å². The lowest BCUT2D eigenvalue weighted by molar-refractivity contribution is 0.102. The minimum atomic E-state index is -0.274. The Bertz CT molecular complexity index is 534.